The molecule has 0 amide bonds. The lowest BCUT2D eigenvalue weighted by Crippen LogP contribution is -1.97. The van der Waals surface area contributed by atoms with Crippen LogP contribution >= 0.6 is 0 Å². The van der Waals surface area contributed by atoms with Gasteiger partial charge in [-0.3, -0.25) is 4.79 Å². The second-order valence-electron chi connectivity index (χ2n) is 3.30. The Bertz CT molecular complexity index is 315. The smallest absolute Gasteiger partial charge is 0.302 e. The number of carbonyl (C=O) groups is 1. The van der Waals surface area contributed by atoms with E-state index < -0.39 is 0 Å². The topological polar surface area (TPSA) is 26.3 Å². The van der Waals surface area contributed by atoms with E-state index in [0.29, 0.717) is 6.61 Å². The maximum Gasteiger partial charge on any atom is 0.302 e. The Morgan fingerprint density at radius 3 is 2.67 bits per heavy atom. The summed E-state index contributed by atoms with van der Waals surface area (Å²) in [5.74, 6) is -0.234. The van der Waals surface area contributed by atoms with Gasteiger partial charge in [0.15, 0.2) is 0 Å². The number of rotatable bonds is 5. The van der Waals surface area contributed by atoms with Crippen LogP contribution in [0.15, 0.2) is 42.5 Å². The molecular weight excluding hydrogens is 188 g/mol. The summed E-state index contributed by atoms with van der Waals surface area (Å²) in [6.07, 6.45) is 5.92. The van der Waals surface area contributed by atoms with E-state index in [0.717, 1.165) is 12.8 Å². The highest BCUT2D eigenvalue weighted by molar-refractivity contribution is 5.65. The minimum Gasteiger partial charge on any atom is -0.462 e. The zero-order valence-electron chi connectivity index (χ0n) is 8.98. The summed E-state index contributed by atoms with van der Waals surface area (Å²) >= 11 is 0. The number of esters is 1. The number of aryl methyl sites for hydroxylation is 1. The molecule has 1 aromatic rings. The highest BCUT2D eigenvalue weighted by Gasteiger charge is 1.89. The van der Waals surface area contributed by atoms with Crippen LogP contribution in [0.2, 0.25) is 0 Å². The van der Waals surface area contributed by atoms with E-state index in [-0.39, 0.29) is 5.97 Å². The van der Waals surface area contributed by atoms with Crippen LogP contribution in [0.1, 0.15) is 18.9 Å². The molecule has 0 aliphatic heterocycles. The zero-order chi connectivity index (χ0) is 10.9. The molecule has 0 spiro atoms. The quantitative estimate of drug-likeness (QED) is 0.544. The van der Waals surface area contributed by atoms with Gasteiger partial charge in [0, 0.05) is 6.92 Å². The minimum absolute atomic E-state index is 0.234. The summed E-state index contributed by atoms with van der Waals surface area (Å²) in [5.41, 5.74) is 1.33. The predicted molar refractivity (Wildman–Crippen MR) is 60.5 cm³/mol. The zero-order valence-corrected chi connectivity index (χ0v) is 8.98. The van der Waals surface area contributed by atoms with Crippen LogP contribution in [0.4, 0.5) is 0 Å². The first-order valence-electron chi connectivity index (χ1n) is 5.11. The van der Waals surface area contributed by atoms with Crippen molar-refractivity contribution in [3.63, 3.8) is 0 Å². The molecule has 0 fully saturated rings. The SMILES string of the molecule is CC(=O)OC/C=C\CCc1ccccc1. The first-order valence-corrected chi connectivity index (χ1v) is 5.11. The molecule has 2 nitrogen and oxygen atoms in total. The fourth-order valence-electron chi connectivity index (χ4n) is 1.25. The summed E-state index contributed by atoms with van der Waals surface area (Å²) < 4.78 is 4.77. The lowest BCUT2D eigenvalue weighted by atomic mass is 10.1. The summed E-state index contributed by atoms with van der Waals surface area (Å²) in [5, 5.41) is 0. The Morgan fingerprint density at radius 1 is 1.27 bits per heavy atom. The largest absolute Gasteiger partial charge is 0.462 e. The monoisotopic (exact) mass is 204 g/mol. The van der Waals surface area contributed by atoms with Crippen LogP contribution in [0, 0.1) is 0 Å². The molecule has 0 aromatic heterocycles. The van der Waals surface area contributed by atoms with E-state index >= 15 is 0 Å². The molecular formula is C13H16O2. The third-order valence-corrected chi connectivity index (χ3v) is 1.99. The number of hydrogen-bond donors (Lipinski definition) is 0. The Kier molecular flexibility index (Phi) is 5.23. The van der Waals surface area contributed by atoms with Crippen molar-refractivity contribution in [1.29, 1.82) is 0 Å². The van der Waals surface area contributed by atoms with Gasteiger partial charge < -0.3 is 4.74 Å². The first kappa shape index (κ1) is 11.5. The van der Waals surface area contributed by atoms with Gasteiger partial charge in [-0.15, -0.1) is 0 Å². The lowest BCUT2D eigenvalue weighted by molar-refractivity contribution is -0.139. The van der Waals surface area contributed by atoms with Gasteiger partial charge in [-0.2, -0.15) is 0 Å². The molecule has 0 saturated heterocycles. The highest BCUT2D eigenvalue weighted by Crippen LogP contribution is 2.02. The second kappa shape index (κ2) is 6.82. The van der Waals surface area contributed by atoms with E-state index in [1.54, 1.807) is 0 Å². The fraction of sp³-hybridized carbons (Fsp3) is 0.308. The van der Waals surface area contributed by atoms with Gasteiger partial charge in [-0.25, -0.2) is 0 Å². The van der Waals surface area contributed by atoms with Crippen molar-refractivity contribution in [3.8, 4) is 0 Å². The van der Waals surface area contributed by atoms with Gasteiger partial charge in [0.2, 0.25) is 0 Å². The fourth-order valence-corrected chi connectivity index (χ4v) is 1.25. The summed E-state index contributed by atoms with van der Waals surface area (Å²) in [6.45, 7) is 1.79. The van der Waals surface area contributed by atoms with Gasteiger partial charge in [0.1, 0.15) is 6.61 Å². The summed E-state index contributed by atoms with van der Waals surface area (Å²) in [7, 11) is 0. The second-order valence-corrected chi connectivity index (χ2v) is 3.30. The lowest BCUT2D eigenvalue weighted by Gasteiger charge is -1.97. The van der Waals surface area contributed by atoms with Gasteiger partial charge in [-0.1, -0.05) is 42.5 Å². The molecule has 0 aliphatic rings. The van der Waals surface area contributed by atoms with Crippen molar-refractivity contribution in [2.45, 2.75) is 19.8 Å². The van der Waals surface area contributed by atoms with Crippen molar-refractivity contribution < 1.29 is 9.53 Å². The highest BCUT2D eigenvalue weighted by atomic mass is 16.5. The van der Waals surface area contributed by atoms with Gasteiger partial charge >= 0.3 is 5.97 Å². The maximum absolute atomic E-state index is 10.4. The number of ether oxygens (including phenoxy) is 1. The maximum atomic E-state index is 10.4. The predicted octanol–water partition coefficient (Wildman–Crippen LogP) is 2.74. The molecule has 0 unspecified atom stereocenters. The van der Waals surface area contributed by atoms with Crippen LogP contribution in [0.5, 0.6) is 0 Å². The van der Waals surface area contributed by atoms with Gasteiger partial charge in [-0.05, 0) is 18.4 Å². The third-order valence-electron chi connectivity index (χ3n) is 1.99. The molecule has 0 aliphatic carbocycles. The molecule has 0 heterocycles. The first-order chi connectivity index (χ1) is 7.29. The van der Waals surface area contributed by atoms with E-state index in [4.69, 9.17) is 4.74 Å². The standard InChI is InChI=1S/C13H16O2/c1-12(14)15-11-7-3-6-10-13-8-4-2-5-9-13/h2-5,7-9H,6,10-11H2,1H3/b7-3-. The van der Waals surface area contributed by atoms with Crippen molar-refractivity contribution >= 4 is 5.97 Å². The molecule has 0 bridgehead atoms. The molecule has 2 heteroatoms. The Balaban J connectivity index is 2.14. The van der Waals surface area contributed by atoms with Crippen LogP contribution in [0.25, 0.3) is 0 Å². The average Bonchev–Trinajstić information content (AvgIpc) is 2.24. The van der Waals surface area contributed by atoms with Crippen molar-refractivity contribution in [2.24, 2.45) is 0 Å². The Morgan fingerprint density at radius 2 is 2.00 bits per heavy atom. The van der Waals surface area contributed by atoms with Crippen LogP contribution in [-0.2, 0) is 16.0 Å². The van der Waals surface area contributed by atoms with Crippen LogP contribution in [0.3, 0.4) is 0 Å². The van der Waals surface area contributed by atoms with Gasteiger partial charge in [0.25, 0.3) is 0 Å². The molecule has 15 heavy (non-hydrogen) atoms. The van der Waals surface area contributed by atoms with Crippen LogP contribution < -0.4 is 0 Å². The Hall–Kier alpha value is -1.57. The summed E-state index contributed by atoms with van der Waals surface area (Å²) in [6, 6.07) is 10.3. The molecule has 0 saturated carbocycles. The van der Waals surface area contributed by atoms with Crippen molar-refractivity contribution in [1.82, 2.24) is 0 Å². The van der Waals surface area contributed by atoms with E-state index in [1.807, 2.05) is 30.4 Å². The van der Waals surface area contributed by atoms with Gasteiger partial charge in [0.05, 0.1) is 0 Å². The minimum atomic E-state index is -0.234. The third kappa shape index (κ3) is 5.68. The molecule has 80 valence electrons. The van der Waals surface area contributed by atoms with E-state index in [9.17, 15) is 4.79 Å². The van der Waals surface area contributed by atoms with E-state index in [1.165, 1.54) is 12.5 Å². The molecule has 1 rings (SSSR count). The molecule has 1 aromatic carbocycles. The van der Waals surface area contributed by atoms with E-state index in [2.05, 4.69) is 12.1 Å². The van der Waals surface area contributed by atoms with Crippen molar-refractivity contribution in [3.05, 3.63) is 48.0 Å². The van der Waals surface area contributed by atoms with Crippen molar-refractivity contribution in [2.75, 3.05) is 6.61 Å². The molecule has 0 N–H and O–H groups in total. The molecule has 0 atom stereocenters. The number of allylic oxidation sites excluding steroid dienone is 1. The Labute approximate surface area is 90.6 Å². The average molecular weight is 204 g/mol. The normalized spacial score (nSPS) is 10.5. The number of carbonyl (C=O) groups excluding carboxylic acids is 1. The summed E-state index contributed by atoms with van der Waals surface area (Å²) in [4.78, 5) is 10.4. The number of hydrogen-bond acceptors (Lipinski definition) is 2. The number of benzene rings is 1. The molecule has 0 radical (unpaired) electrons. The van der Waals surface area contributed by atoms with Crippen LogP contribution in [-0.4, -0.2) is 12.6 Å².